The number of rotatable bonds is 7. The van der Waals surface area contributed by atoms with Crippen molar-refractivity contribution in [2.75, 3.05) is 12.4 Å². The highest BCUT2D eigenvalue weighted by Crippen LogP contribution is 2.34. The van der Waals surface area contributed by atoms with Crippen molar-refractivity contribution >= 4 is 32.9 Å². The van der Waals surface area contributed by atoms with Crippen LogP contribution in [0.4, 0.5) is 13.6 Å². The molecule has 2 heterocycles. The molecule has 2 rings (SSSR count). The van der Waals surface area contributed by atoms with Crippen LogP contribution in [0.3, 0.4) is 0 Å². The van der Waals surface area contributed by atoms with Gasteiger partial charge in [0.1, 0.15) is 23.7 Å². The van der Waals surface area contributed by atoms with E-state index in [9.17, 15) is 18.4 Å². The molecule has 2 atom stereocenters. The number of carbonyl (C=O) groups is 2. The van der Waals surface area contributed by atoms with Crippen molar-refractivity contribution in [2.45, 2.75) is 44.5 Å². The van der Waals surface area contributed by atoms with Gasteiger partial charge in [-0.05, 0) is 27.7 Å². The lowest BCUT2D eigenvalue weighted by Crippen LogP contribution is -2.43. The van der Waals surface area contributed by atoms with Gasteiger partial charge in [-0.25, -0.2) is 18.5 Å². The van der Waals surface area contributed by atoms with Crippen molar-refractivity contribution in [1.29, 1.82) is 0 Å². The van der Waals surface area contributed by atoms with E-state index in [4.69, 9.17) is 4.52 Å². The third kappa shape index (κ3) is 6.14. The first-order valence-electron chi connectivity index (χ1n) is 8.49. The van der Waals surface area contributed by atoms with Crippen molar-refractivity contribution in [3.05, 3.63) is 42.5 Å². The molecule has 1 saturated heterocycles. The number of alkyl halides is 2. The van der Waals surface area contributed by atoms with E-state index >= 15 is 0 Å². The second-order valence-electron chi connectivity index (χ2n) is 6.53. The summed E-state index contributed by atoms with van der Waals surface area (Å²) in [5.74, 6) is 0.871. The zero-order valence-corrected chi connectivity index (χ0v) is 18.4. The third-order valence-electron chi connectivity index (χ3n) is 3.77. The molecule has 0 radical (unpaired) electrons. The van der Waals surface area contributed by atoms with E-state index in [0.717, 1.165) is 16.7 Å². The van der Waals surface area contributed by atoms with E-state index in [0.29, 0.717) is 17.2 Å². The van der Waals surface area contributed by atoms with Crippen molar-refractivity contribution in [1.82, 2.24) is 15.0 Å². The standard InChI is InChI=1S/C13H17N3O3.C5H9F2PS/c1-5-6-15-11(17)13(3,4)16(12(15)18)8-10-7-9(2)19-14-10;1-2-3-9-5(7,8)4-6/h5-7H,8H2,1-4H3;2H,1,3-4,8H2/b6-5+;. The Labute approximate surface area is 170 Å². The Kier molecular flexibility index (Phi) is 8.82. The monoisotopic (exact) mass is 433 g/mol. The molecule has 0 aliphatic carbocycles. The van der Waals surface area contributed by atoms with Gasteiger partial charge in [0.2, 0.25) is 0 Å². The fourth-order valence-corrected chi connectivity index (χ4v) is 3.06. The Balaban J connectivity index is 0.000000370. The molecule has 1 fully saturated rings. The summed E-state index contributed by atoms with van der Waals surface area (Å²) in [4.78, 5) is 27.1. The number of hydrogen-bond donors (Lipinski definition) is 0. The Bertz CT molecular complexity index is 737. The van der Waals surface area contributed by atoms with Gasteiger partial charge in [-0.15, -0.1) is 18.3 Å². The van der Waals surface area contributed by atoms with Crippen LogP contribution in [0.15, 0.2) is 35.5 Å². The highest BCUT2D eigenvalue weighted by molar-refractivity contribution is 8.04. The first kappa shape index (κ1) is 24.3. The number of thioether (sulfide) groups is 1. The molecular formula is C18H26F2N3O3PS. The van der Waals surface area contributed by atoms with Crippen molar-refractivity contribution in [2.24, 2.45) is 0 Å². The van der Waals surface area contributed by atoms with E-state index in [1.807, 2.05) is 9.24 Å². The summed E-state index contributed by atoms with van der Waals surface area (Å²) in [5.41, 5.74) is -0.252. The van der Waals surface area contributed by atoms with Crippen LogP contribution in [-0.4, -0.2) is 49.6 Å². The SMILES string of the molecule is C/C=C/N1C(=O)N(Cc2cc(C)on2)C(C)(C)C1=O.C=CCSC(F)(P)CF. The van der Waals surface area contributed by atoms with E-state index < -0.39 is 17.0 Å². The zero-order valence-electron chi connectivity index (χ0n) is 16.4. The van der Waals surface area contributed by atoms with Gasteiger partial charge in [0.05, 0.1) is 6.54 Å². The minimum absolute atomic E-state index is 0.240. The van der Waals surface area contributed by atoms with Crippen molar-refractivity contribution in [3.63, 3.8) is 0 Å². The van der Waals surface area contributed by atoms with E-state index in [2.05, 4.69) is 11.7 Å². The molecule has 1 aromatic heterocycles. The summed E-state index contributed by atoms with van der Waals surface area (Å²) in [7, 11) is 1.82. The first-order chi connectivity index (χ1) is 13.0. The maximum Gasteiger partial charge on any atom is 0.332 e. The molecule has 2 unspecified atom stereocenters. The summed E-state index contributed by atoms with van der Waals surface area (Å²) in [5, 5.41) is 3.86. The highest BCUT2D eigenvalue weighted by atomic mass is 32.2. The maximum absolute atomic E-state index is 12.5. The molecule has 1 aliphatic rings. The van der Waals surface area contributed by atoms with Crippen LogP contribution in [-0.2, 0) is 11.3 Å². The molecule has 28 heavy (non-hydrogen) atoms. The second kappa shape index (κ2) is 10.2. The fourth-order valence-electron chi connectivity index (χ4n) is 2.30. The number of allylic oxidation sites excluding steroid dienone is 1. The van der Waals surface area contributed by atoms with Gasteiger partial charge in [-0.3, -0.25) is 4.79 Å². The normalized spacial score (nSPS) is 18.2. The Morgan fingerprint density at radius 1 is 1.46 bits per heavy atom. The summed E-state index contributed by atoms with van der Waals surface area (Å²) >= 11 is 0.882. The highest BCUT2D eigenvalue weighted by Gasteiger charge is 2.50. The number of carbonyl (C=O) groups excluding carboxylic acids is 2. The predicted octanol–water partition coefficient (Wildman–Crippen LogP) is 4.43. The number of amides is 3. The molecule has 0 spiro atoms. The minimum Gasteiger partial charge on any atom is -0.361 e. The second-order valence-corrected chi connectivity index (χ2v) is 9.17. The van der Waals surface area contributed by atoms with Crippen molar-refractivity contribution < 1.29 is 22.9 Å². The van der Waals surface area contributed by atoms with Gasteiger partial charge in [-0.2, -0.15) is 0 Å². The van der Waals surface area contributed by atoms with E-state index in [1.54, 1.807) is 45.9 Å². The molecule has 10 heteroatoms. The lowest BCUT2D eigenvalue weighted by Gasteiger charge is -2.26. The maximum atomic E-state index is 12.5. The average Bonchev–Trinajstić information content (AvgIpc) is 3.12. The Morgan fingerprint density at radius 2 is 2.11 bits per heavy atom. The van der Waals surface area contributed by atoms with Gasteiger partial charge in [-0.1, -0.05) is 26.5 Å². The zero-order chi connectivity index (χ0) is 21.5. The van der Waals surface area contributed by atoms with Crippen molar-refractivity contribution in [3.8, 4) is 0 Å². The van der Waals surface area contributed by atoms with Gasteiger partial charge < -0.3 is 9.42 Å². The van der Waals surface area contributed by atoms with Gasteiger partial charge in [0, 0.05) is 18.0 Å². The topological polar surface area (TPSA) is 66.7 Å². The number of imide groups is 1. The summed E-state index contributed by atoms with van der Waals surface area (Å²) < 4.78 is 27.3. The number of hydrogen-bond acceptors (Lipinski definition) is 5. The summed E-state index contributed by atoms with van der Waals surface area (Å²) in [6, 6.07) is 1.42. The van der Waals surface area contributed by atoms with Gasteiger partial charge >= 0.3 is 6.03 Å². The van der Waals surface area contributed by atoms with Crippen LogP contribution >= 0.6 is 21.0 Å². The smallest absolute Gasteiger partial charge is 0.332 e. The molecule has 1 aromatic rings. The molecule has 0 N–H and O–H groups in total. The molecule has 1 aliphatic heterocycles. The van der Waals surface area contributed by atoms with Crippen LogP contribution in [0.25, 0.3) is 0 Å². The number of halogens is 2. The largest absolute Gasteiger partial charge is 0.361 e. The van der Waals surface area contributed by atoms with Crippen LogP contribution in [0.5, 0.6) is 0 Å². The van der Waals surface area contributed by atoms with Crippen LogP contribution in [0.2, 0.25) is 0 Å². The molecule has 6 nitrogen and oxygen atoms in total. The number of urea groups is 1. The molecule has 0 aromatic carbocycles. The number of aromatic nitrogens is 1. The van der Waals surface area contributed by atoms with Gasteiger partial charge in [0.25, 0.3) is 5.91 Å². The minimum atomic E-state index is -1.81. The lowest BCUT2D eigenvalue weighted by molar-refractivity contribution is -0.130. The number of nitrogens with zero attached hydrogens (tertiary/aromatic N) is 3. The summed E-state index contributed by atoms with van der Waals surface area (Å²) in [6.07, 6.45) is 4.69. The van der Waals surface area contributed by atoms with E-state index in [1.165, 1.54) is 11.1 Å². The van der Waals surface area contributed by atoms with Crippen LogP contribution in [0.1, 0.15) is 32.2 Å². The van der Waals surface area contributed by atoms with Gasteiger partial charge in [0.15, 0.2) is 4.74 Å². The quantitative estimate of drug-likeness (QED) is 0.362. The number of aryl methyl sites for hydroxylation is 1. The Morgan fingerprint density at radius 3 is 2.57 bits per heavy atom. The third-order valence-corrected chi connectivity index (χ3v) is 5.42. The fraction of sp³-hybridized carbons (Fsp3) is 0.500. The van der Waals surface area contributed by atoms with E-state index in [-0.39, 0.29) is 18.5 Å². The summed E-state index contributed by atoms with van der Waals surface area (Å²) in [6.45, 7) is 9.65. The van der Waals surface area contributed by atoms with Crippen LogP contribution in [0, 0.1) is 6.92 Å². The molecule has 3 amide bonds. The Hall–Kier alpha value is -1.73. The molecule has 0 bridgehead atoms. The average molecular weight is 433 g/mol. The molecular weight excluding hydrogens is 407 g/mol. The lowest BCUT2D eigenvalue weighted by atomic mass is 10.0. The van der Waals surface area contributed by atoms with Crippen LogP contribution < -0.4 is 0 Å². The first-order valence-corrected chi connectivity index (χ1v) is 10.0. The predicted molar refractivity (Wildman–Crippen MR) is 110 cm³/mol. The molecule has 156 valence electrons. The molecule has 0 saturated carbocycles.